The smallest absolute Gasteiger partial charge is 0.223 e. The number of ether oxygens (including phenoxy) is 2. The predicted octanol–water partition coefficient (Wildman–Crippen LogP) is 3.44. The van der Waals surface area contributed by atoms with Gasteiger partial charge in [0.2, 0.25) is 5.91 Å². The van der Waals surface area contributed by atoms with E-state index in [2.05, 4.69) is 17.4 Å². The third kappa shape index (κ3) is 4.75. The van der Waals surface area contributed by atoms with E-state index in [0.717, 1.165) is 29.0 Å². The highest BCUT2D eigenvalue weighted by atomic mass is 16.5. The van der Waals surface area contributed by atoms with E-state index in [1.807, 2.05) is 44.2 Å². The first-order valence-electron chi connectivity index (χ1n) is 8.79. The number of carbonyl (C=O) groups excluding carboxylic acids is 1. The number of amides is 1. The summed E-state index contributed by atoms with van der Waals surface area (Å²) in [6.07, 6.45) is 1.30. The van der Waals surface area contributed by atoms with Crippen LogP contribution in [0, 0.1) is 19.8 Å². The number of carbonyl (C=O) groups is 1. The molecule has 0 aliphatic carbocycles. The Bertz CT molecular complexity index is 742. The van der Waals surface area contributed by atoms with Crippen molar-refractivity contribution < 1.29 is 14.3 Å². The zero-order chi connectivity index (χ0) is 17.6. The molecule has 1 aliphatic rings. The lowest BCUT2D eigenvalue weighted by atomic mass is 9.97. The average molecular weight is 339 g/mol. The molecule has 4 heteroatoms. The zero-order valence-electron chi connectivity index (χ0n) is 14.9. The van der Waals surface area contributed by atoms with Gasteiger partial charge in [-0.2, -0.15) is 0 Å². The van der Waals surface area contributed by atoms with Crippen LogP contribution in [0.2, 0.25) is 0 Å². The Kier molecular flexibility index (Phi) is 5.59. The second-order valence-corrected chi connectivity index (χ2v) is 6.66. The van der Waals surface area contributed by atoms with Crippen LogP contribution in [0.25, 0.3) is 0 Å². The van der Waals surface area contributed by atoms with Crippen LogP contribution in [0.5, 0.6) is 11.5 Å². The number of benzene rings is 2. The van der Waals surface area contributed by atoms with Crippen molar-refractivity contribution in [3.8, 4) is 11.5 Å². The number of hydrogen-bond donors (Lipinski definition) is 1. The number of fused-ring (bicyclic) bond motifs is 1. The van der Waals surface area contributed by atoms with Crippen molar-refractivity contribution in [1.29, 1.82) is 0 Å². The molecule has 3 rings (SSSR count). The average Bonchev–Trinajstić information content (AvgIpc) is 2.62. The second kappa shape index (κ2) is 8.06. The topological polar surface area (TPSA) is 47.6 Å². The molecule has 1 amide bonds. The maximum atomic E-state index is 12.0. The molecule has 0 bridgehead atoms. The fraction of sp³-hybridized carbons (Fsp3) is 0.381. The van der Waals surface area contributed by atoms with Crippen molar-refractivity contribution in [3.63, 3.8) is 0 Å². The Balaban J connectivity index is 1.39. The van der Waals surface area contributed by atoms with E-state index in [1.165, 1.54) is 5.56 Å². The van der Waals surface area contributed by atoms with Crippen molar-refractivity contribution in [2.24, 2.45) is 5.92 Å². The Labute approximate surface area is 149 Å². The molecule has 0 saturated heterocycles. The molecule has 0 saturated carbocycles. The van der Waals surface area contributed by atoms with E-state index < -0.39 is 0 Å². The van der Waals surface area contributed by atoms with Crippen LogP contribution >= 0.6 is 0 Å². The first-order chi connectivity index (χ1) is 12.1. The summed E-state index contributed by atoms with van der Waals surface area (Å²) in [6.45, 7) is 5.71. The number of rotatable bonds is 6. The van der Waals surface area contributed by atoms with Gasteiger partial charge >= 0.3 is 0 Å². The molecular formula is C21H25NO3. The van der Waals surface area contributed by atoms with E-state index in [9.17, 15) is 4.79 Å². The summed E-state index contributed by atoms with van der Waals surface area (Å²) in [4.78, 5) is 12.0. The van der Waals surface area contributed by atoms with Crippen LogP contribution in [0.1, 0.15) is 23.1 Å². The van der Waals surface area contributed by atoms with Crippen molar-refractivity contribution in [2.75, 3.05) is 19.8 Å². The molecule has 1 unspecified atom stereocenters. The van der Waals surface area contributed by atoms with Gasteiger partial charge in [0, 0.05) is 12.5 Å². The molecule has 2 aromatic rings. The summed E-state index contributed by atoms with van der Waals surface area (Å²) in [5.74, 6) is 2.15. The lowest BCUT2D eigenvalue weighted by molar-refractivity contribution is -0.121. The molecular weight excluding hydrogens is 314 g/mol. The van der Waals surface area contributed by atoms with Gasteiger partial charge in [0.1, 0.15) is 11.5 Å². The second-order valence-electron chi connectivity index (χ2n) is 6.66. The van der Waals surface area contributed by atoms with E-state index in [1.54, 1.807) is 0 Å². The number of nitrogens with one attached hydrogen (secondary N) is 1. The van der Waals surface area contributed by atoms with Gasteiger partial charge in [-0.3, -0.25) is 4.79 Å². The normalized spacial score (nSPS) is 15.8. The molecule has 1 aliphatic heterocycles. The van der Waals surface area contributed by atoms with Crippen LogP contribution in [0.4, 0.5) is 0 Å². The lowest BCUT2D eigenvalue weighted by Gasteiger charge is -2.25. The fourth-order valence-corrected chi connectivity index (χ4v) is 2.98. The number of aryl methyl sites for hydroxylation is 2. The van der Waals surface area contributed by atoms with Gasteiger partial charge in [0.25, 0.3) is 0 Å². The van der Waals surface area contributed by atoms with Crippen LogP contribution in [0.15, 0.2) is 42.5 Å². The van der Waals surface area contributed by atoms with Gasteiger partial charge < -0.3 is 14.8 Å². The summed E-state index contributed by atoms with van der Waals surface area (Å²) in [7, 11) is 0. The van der Waals surface area contributed by atoms with Gasteiger partial charge in [-0.25, -0.2) is 0 Å². The minimum Gasteiger partial charge on any atom is -0.493 e. The van der Waals surface area contributed by atoms with E-state index in [4.69, 9.17) is 9.47 Å². The van der Waals surface area contributed by atoms with E-state index in [0.29, 0.717) is 32.1 Å². The Morgan fingerprint density at radius 3 is 2.96 bits per heavy atom. The summed E-state index contributed by atoms with van der Waals surface area (Å²) >= 11 is 0. The molecule has 1 heterocycles. The molecule has 25 heavy (non-hydrogen) atoms. The van der Waals surface area contributed by atoms with Gasteiger partial charge in [0.05, 0.1) is 19.6 Å². The van der Waals surface area contributed by atoms with Crippen LogP contribution in [0.3, 0.4) is 0 Å². The third-order valence-corrected chi connectivity index (χ3v) is 4.47. The highest BCUT2D eigenvalue weighted by molar-refractivity contribution is 5.76. The molecule has 0 aromatic heterocycles. The quantitative estimate of drug-likeness (QED) is 0.877. The highest BCUT2D eigenvalue weighted by Gasteiger charge is 2.19. The lowest BCUT2D eigenvalue weighted by Crippen LogP contribution is -2.35. The van der Waals surface area contributed by atoms with E-state index in [-0.39, 0.29) is 5.91 Å². The molecule has 132 valence electrons. The monoisotopic (exact) mass is 339 g/mol. The van der Waals surface area contributed by atoms with Gasteiger partial charge in [-0.15, -0.1) is 0 Å². The minimum absolute atomic E-state index is 0.0177. The zero-order valence-corrected chi connectivity index (χ0v) is 14.9. The number of para-hydroxylation sites is 1. The van der Waals surface area contributed by atoms with Gasteiger partial charge in [-0.05, 0) is 49.1 Å². The van der Waals surface area contributed by atoms with Crippen LogP contribution in [-0.2, 0) is 11.2 Å². The molecule has 1 N–H and O–H groups in total. The highest BCUT2D eigenvalue weighted by Crippen LogP contribution is 2.26. The van der Waals surface area contributed by atoms with Crippen molar-refractivity contribution in [1.82, 2.24) is 5.32 Å². The van der Waals surface area contributed by atoms with Gasteiger partial charge in [-0.1, -0.05) is 30.3 Å². The summed E-state index contributed by atoms with van der Waals surface area (Å²) in [6, 6.07) is 14.2. The predicted molar refractivity (Wildman–Crippen MR) is 98.2 cm³/mol. The Morgan fingerprint density at radius 1 is 1.24 bits per heavy atom. The molecule has 0 fully saturated rings. The standard InChI is InChI=1S/C21H25NO3/c1-15-7-8-16(2)20(11-15)24-10-9-21(23)22-13-17-12-18-5-3-4-6-19(18)25-14-17/h3-8,11,17H,9-10,12-14H2,1-2H3,(H,22,23). The molecule has 2 aromatic carbocycles. The fourth-order valence-electron chi connectivity index (χ4n) is 2.98. The van der Waals surface area contributed by atoms with Gasteiger partial charge in [0.15, 0.2) is 0 Å². The molecule has 0 radical (unpaired) electrons. The molecule has 1 atom stereocenters. The third-order valence-electron chi connectivity index (χ3n) is 4.47. The van der Waals surface area contributed by atoms with Crippen molar-refractivity contribution in [2.45, 2.75) is 26.7 Å². The maximum Gasteiger partial charge on any atom is 0.223 e. The first-order valence-corrected chi connectivity index (χ1v) is 8.79. The number of hydrogen-bond acceptors (Lipinski definition) is 3. The maximum absolute atomic E-state index is 12.0. The summed E-state index contributed by atoms with van der Waals surface area (Å²) in [5, 5.41) is 3.00. The van der Waals surface area contributed by atoms with E-state index >= 15 is 0 Å². The molecule has 4 nitrogen and oxygen atoms in total. The van der Waals surface area contributed by atoms with Crippen molar-refractivity contribution >= 4 is 5.91 Å². The first kappa shape index (κ1) is 17.3. The SMILES string of the molecule is Cc1ccc(C)c(OCCC(=O)NCC2COc3ccccc3C2)c1. The van der Waals surface area contributed by atoms with Crippen LogP contribution in [-0.4, -0.2) is 25.7 Å². The Hall–Kier alpha value is -2.49. The Morgan fingerprint density at radius 2 is 2.08 bits per heavy atom. The van der Waals surface area contributed by atoms with Crippen LogP contribution < -0.4 is 14.8 Å². The largest absolute Gasteiger partial charge is 0.493 e. The molecule has 0 spiro atoms. The van der Waals surface area contributed by atoms with Crippen molar-refractivity contribution in [3.05, 3.63) is 59.2 Å². The summed E-state index contributed by atoms with van der Waals surface area (Å²) in [5.41, 5.74) is 3.46. The summed E-state index contributed by atoms with van der Waals surface area (Å²) < 4.78 is 11.5. The minimum atomic E-state index is 0.0177.